The van der Waals surface area contributed by atoms with E-state index in [2.05, 4.69) is 19.6 Å². The van der Waals surface area contributed by atoms with Crippen molar-refractivity contribution in [2.45, 2.75) is 63.6 Å². The Morgan fingerprint density at radius 2 is 1.89 bits per heavy atom. The summed E-state index contributed by atoms with van der Waals surface area (Å²) in [4.78, 5) is 17.6. The normalized spacial score (nSPS) is 20.0. The highest BCUT2D eigenvalue weighted by Gasteiger charge is 2.45. The van der Waals surface area contributed by atoms with Crippen LogP contribution in [0.4, 0.5) is 26.3 Å². The maximum Gasteiger partial charge on any atom is 0.439 e. The molecule has 2 heterocycles. The van der Waals surface area contributed by atoms with Gasteiger partial charge in [0.2, 0.25) is 0 Å². The van der Waals surface area contributed by atoms with Crippen molar-refractivity contribution in [1.82, 2.24) is 15.1 Å². The third-order valence-corrected chi connectivity index (χ3v) is 7.75. The van der Waals surface area contributed by atoms with E-state index in [-0.39, 0.29) is 53.0 Å². The van der Waals surface area contributed by atoms with Gasteiger partial charge in [-0.25, -0.2) is 9.78 Å². The molecule has 1 saturated carbocycles. The molecule has 1 aromatic carbocycles. The summed E-state index contributed by atoms with van der Waals surface area (Å²) in [5.74, 6) is -2.41. The maximum atomic E-state index is 13.9. The molecule has 4 rings (SSSR count). The lowest BCUT2D eigenvalue weighted by atomic mass is 9.82. The van der Waals surface area contributed by atoms with Crippen molar-refractivity contribution < 1.29 is 35.6 Å². The van der Waals surface area contributed by atoms with Crippen molar-refractivity contribution in [3.8, 4) is 11.4 Å². The molecule has 1 aliphatic carbocycles. The van der Waals surface area contributed by atoms with Crippen LogP contribution in [0.3, 0.4) is 0 Å². The Labute approximate surface area is 209 Å². The number of H-pyrrole nitrogens is 1. The van der Waals surface area contributed by atoms with E-state index < -0.39 is 36.7 Å². The minimum Gasteiger partial charge on any atom is -0.358 e. The lowest BCUT2D eigenvalue weighted by molar-refractivity contribution is -0.226. The van der Waals surface area contributed by atoms with Crippen molar-refractivity contribution in [3.63, 3.8) is 0 Å². The number of alkyl halides is 6. The number of thiazole rings is 1. The molecule has 2 aromatic heterocycles. The van der Waals surface area contributed by atoms with Gasteiger partial charge in [-0.3, -0.25) is 9.51 Å². The van der Waals surface area contributed by atoms with E-state index in [0.717, 1.165) is 11.3 Å². The number of nitrogens with zero attached hydrogens (tertiary/aromatic N) is 2. The molecule has 1 atom stereocenters. The molecular weight excluding hydrogens is 536 g/mol. The highest BCUT2D eigenvalue weighted by atomic mass is 35.5. The summed E-state index contributed by atoms with van der Waals surface area (Å²) in [6.45, 7) is 1.01. The van der Waals surface area contributed by atoms with Gasteiger partial charge < -0.3 is 4.74 Å². The van der Waals surface area contributed by atoms with Crippen LogP contribution in [-0.4, -0.2) is 27.5 Å². The van der Waals surface area contributed by atoms with Gasteiger partial charge in [-0.2, -0.15) is 26.3 Å². The van der Waals surface area contributed by atoms with Crippen LogP contribution in [0.25, 0.3) is 11.4 Å². The molecule has 1 fully saturated rings. The van der Waals surface area contributed by atoms with Crippen LogP contribution >= 0.6 is 22.9 Å². The fourth-order valence-electron chi connectivity index (χ4n) is 4.20. The Balaban J connectivity index is 1.48. The van der Waals surface area contributed by atoms with Gasteiger partial charge in [-0.05, 0) is 50.3 Å². The molecule has 0 spiro atoms. The minimum absolute atomic E-state index is 0.0691. The number of aromatic amines is 1. The van der Waals surface area contributed by atoms with Gasteiger partial charge in [0, 0.05) is 11.5 Å². The second kappa shape index (κ2) is 10.2. The number of nitrogens with one attached hydrogen (secondary N) is 1. The predicted molar refractivity (Wildman–Crippen MR) is 119 cm³/mol. The summed E-state index contributed by atoms with van der Waals surface area (Å²) in [7, 11) is 0. The summed E-state index contributed by atoms with van der Waals surface area (Å²) in [6, 6.07) is 4.33. The Kier molecular flexibility index (Phi) is 7.54. The van der Waals surface area contributed by atoms with Gasteiger partial charge in [0.25, 0.3) is 0 Å². The van der Waals surface area contributed by atoms with E-state index in [1.165, 1.54) is 25.1 Å². The van der Waals surface area contributed by atoms with E-state index in [1.807, 2.05) is 0 Å². The van der Waals surface area contributed by atoms with Crippen molar-refractivity contribution in [2.24, 2.45) is 5.92 Å². The third-order valence-electron chi connectivity index (χ3n) is 6.07. The fraction of sp³-hybridized carbons (Fsp3) is 0.500. The molecule has 3 aromatic rings. The van der Waals surface area contributed by atoms with Gasteiger partial charge in [0.05, 0.1) is 33.1 Å². The van der Waals surface area contributed by atoms with Crippen LogP contribution < -0.4 is 5.76 Å². The number of hydrogen-bond acceptors (Lipinski definition) is 6. The SMILES string of the molecule is Cc1nc([C@H]2CC[C@H](C(F)(F)F)CC2)sc1C(OCc1ccc(-c2noc(=O)[nH]2)c(Cl)c1)C(F)(F)F. The van der Waals surface area contributed by atoms with Crippen LogP contribution in [0.15, 0.2) is 27.5 Å². The molecule has 0 saturated heterocycles. The second-order valence-electron chi connectivity index (χ2n) is 8.58. The number of aryl methyl sites for hydroxylation is 1. The van der Waals surface area contributed by atoms with Crippen LogP contribution in [-0.2, 0) is 11.3 Å². The van der Waals surface area contributed by atoms with Crippen LogP contribution in [0.5, 0.6) is 0 Å². The number of rotatable bonds is 6. The van der Waals surface area contributed by atoms with Gasteiger partial charge in [-0.1, -0.05) is 22.8 Å². The van der Waals surface area contributed by atoms with Crippen LogP contribution in [0, 0.1) is 12.8 Å². The topological polar surface area (TPSA) is 81.0 Å². The fourth-order valence-corrected chi connectivity index (χ4v) is 5.80. The first-order valence-electron chi connectivity index (χ1n) is 10.9. The summed E-state index contributed by atoms with van der Waals surface area (Å²) >= 11 is 7.02. The highest BCUT2D eigenvalue weighted by Crippen LogP contribution is 2.46. The number of ether oxygens (including phenoxy) is 1. The zero-order valence-corrected chi connectivity index (χ0v) is 20.2. The van der Waals surface area contributed by atoms with Crippen molar-refractivity contribution >= 4 is 22.9 Å². The predicted octanol–water partition coefficient (Wildman–Crippen LogP) is 7.10. The van der Waals surface area contributed by atoms with E-state index in [9.17, 15) is 31.1 Å². The number of hydrogen-bond donors (Lipinski definition) is 1. The summed E-state index contributed by atoms with van der Waals surface area (Å²) < 4.78 is 90.4. The van der Waals surface area contributed by atoms with Crippen LogP contribution in [0.2, 0.25) is 5.02 Å². The molecule has 6 nitrogen and oxygen atoms in total. The second-order valence-corrected chi connectivity index (χ2v) is 10.1. The minimum atomic E-state index is -4.74. The molecule has 0 bridgehead atoms. The molecule has 196 valence electrons. The molecule has 1 N–H and O–H groups in total. The van der Waals surface area contributed by atoms with Crippen molar-refractivity contribution in [1.29, 1.82) is 0 Å². The van der Waals surface area contributed by atoms with Gasteiger partial charge in [0.15, 0.2) is 11.9 Å². The summed E-state index contributed by atoms with van der Waals surface area (Å²) in [5.41, 5.74) is 0.803. The summed E-state index contributed by atoms with van der Waals surface area (Å²) in [6.07, 6.45) is -11.0. The Morgan fingerprint density at radius 3 is 2.44 bits per heavy atom. The molecule has 36 heavy (non-hydrogen) atoms. The third kappa shape index (κ3) is 5.94. The first-order valence-corrected chi connectivity index (χ1v) is 12.1. The maximum absolute atomic E-state index is 13.9. The molecule has 0 radical (unpaired) electrons. The molecule has 0 amide bonds. The zero-order chi connectivity index (χ0) is 26.3. The van der Waals surface area contributed by atoms with Gasteiger partial charge >= 0.3 is 18.1 Å². The van der Waals surface area contributed by atoms with E-state index in [1.54, 1.807) is 0 Å². The lowest BCUT2D eigenvalue weighted by Gasteiger charge is -2.28. The molecule has 1 aliphatic rings. The highest BCUT2D eigenvalue weighted by molar-refractivity contribution is 7.11. The van der Waals surface area contributed by atoms with Gasteiger partial charge in [-0.15, -0.1) is 11.3 Å². The molecular formula is C22H20ClF6N3O3S. The Hall–Kier alpha value is -2.38. The number of aromatic nitrogens is 3. The van der Waals surface area contributed by atoms with E-state index in [4.69, 9.17) is 16.3 Å². The monoisotopic (exact) mass is 555 g/mol. The molecule has 14 heteroatoms. The number of halogens is 7. The van der Waals surface area contributed by atoms with Crippen molar-refractivity contribution in [3.05, 3.63) is 54.9 Å². The van der Waals surface area contributed by atoms with Crippen molar-refractivity contribution in [2.75, 3.05) is 0 Å². The largest absolute Gasteiger partial charge is 0.439 e. The zero-order valence-electron chi connectivity index (χ0n) is 18.7. The Morgan fingerprint density at radius 1 is 1.19 bits per heavy atom. The quantitative estimate of drug-likeness (QED) is 0.328. The summed E-state index contributed by atoms with van der Waals surface area (Å²) in [5, 5.41) is 4.04. The smallest absolute Gasteiger partial charge is 0.358 e. The molecule has 1 unspecified atom stereocenters. The average molecular weight is 556 g/mol. The van der Waals surface area contributed by atoms with E-state index >= 15 is 0 Å². The number of benzene rings is 1. The first-order chi connectivity index (χ1) is 16.8. The van der Waals surface area contributed by atoms with E-state index in [0.29, 0.717) is 16.1 Å². The Bertz CT molecular complexity index is 1260. The lowest BCUT2D eigenvalue weighted by Crippen LogP contribution is -2.27. The van der Waals surface area contributed by atoms with Gasteiger partial charge in [0.1, 0.15) is 0 Å². The average Bonchev–Trinajstić information content (AvgIpc) is 3.38. The standard InChI is InChI=1S/C22H20ClF6N3O3S/c1-10-16(36-19(30-10)12-3-5-13(6-4-12)21(24,25)26)17(22(27,28)29)34-9-11-2-7-14(15(23)8-11)18-31-20(33)35-32-18/h2,7-8,12-13,17H,3-6,9H2,1H3,(H,31,32,33)/t12-,13-,17?. The van der Waals surface area contributed by atoms with Crippen LogP contribution in [0.1, 0.15) is 58.8 Å². The molecule has 0 aliphatic heterocycles. The first kappa shape index (κ1) is 26.7.